The summed E-state index contributed by atoms with van der Waals surface area (Å²) in [6.07, 6.45) is -4.49. The van der Waals surface area contributed by atoms with Crippen molar-refractivity contribution >= 4 is 0 Å². The molecule has 0 unspecified atom stereocenters. The van der Waals surface area contributed by atoms with Gasteiger partial charge in [0.2, 0.25) is 0 Å². The van der Waals surface area contributed by atoms with Crippen LogP contribution in [-0.4, -0.2) is 15.2 Å². The lowest BCUT2D eigenvalue weighted by Gasteiger charge is -2.13. The van der Waals surface area contributed by atoms with E-state index in [1.165, 1.54) is 6.92 Å². The van der Waals surface area contributed by atoms with Crippen molar-refractivity contribution in [1.82, 2.24) is 4.98 Å². The molecule has 0 spiro atoms. The van der Waals surface area contributed by atoms with Gasteiger partial charge in [-0.15, -0.1) is 0 Å². The maximum Gasteiger partial charge on any atom is 0.418 e. The molecule has 1 rings (SSSR count). The van der Waals surface area contributed by atoms with E-state index in [2.05, 4.69) is 4.98 Å². The van der Waals surface area contributed by atoms with Crippen LogP contribution in [0.1, 0.15) is 22.5 Å². The molecule has 6 heteroatoms. The fourth-order valence-corrected chi connectivity index (χ4v) is 1.26. The highest BCUT2D eigenvalue weighted by molar-refractivity contribution is 5.31. The zero-order valence-electron chi connectivity index (χ0n) is 7.97. The van der Waals surface area contributed by atoms with Gasteiger partial charge < -0.3 is 10.2 Å². The molecule has 2 N–H and O–H groups in total. The number of aryl methyl sites for hydroxylation is 1. The number of aliphatic hydroxyl groups excluding tert-OH is 2. The summed E-state index contributed by atoms with van der Waals surface area (Å²) in [5.41, 5.74) is -1.02. The number of aliphatic hydroxyl groups is 2. The summed E-state index contributed by atoms with van der Waals surface area (Å²) in [7, 11) is 0. The standard InChI is InChI=1S/C9H10F3NO2/c1-5-7(9(10,11)12)2-6(3-14)8(4-15)13-5/h2,14-15H,3-4H2,1H3. The van der Waals surface area contributed by atoms with E-state index in [0.717, 1.165) is 6.07 Å². The Morgan fingerprint density at radius 1 is 1.27 bits per heavy atom. The van der Waals surface area contributed by atoms with Crippen LogP contribution in [0.3, 0.4) is 0 Å². The van der Waals surface area contributed by atoms with Crippen molar-refractivity contribution < 1.29 is 23.4 Å². The lowest BCUT2D eigenvalue weighted by atomic mass is 10.1. The summed E-state index contributed by atoms with van der Waals surface area (Å²) < 4.78 is 37.2. The minimum Gasteiger partial charge on any atom is -0.392 e. The van der Waals surface area contributed by atoms with E-state index >= 15 is 0 Å². The predicted octanol–water partition coefficient (Wildman–Crippen LogP) is 1.39. The summed E-state index contributed by atoms with van der Waals surface area (Å²) in [6, 6.07) is 0.813. The summed E-state index contributed by atoms with van der Waals surface area (Å²) >= 11 is 0. The molecule has 0 amide bonds. The van der Waals surface area contributed by atoms with Crippen molar-refractivity contribution in [1.29, 1.82) is 0 Å². The third-order valence-electron chi connectivity index (χ3n) is 2.01. The third kappa shape index (κ3) is 2.45. The largest absolute Gasteiger partial charge is 0.418 e. The number of alkyl halides is 3. The van der Waals surface area contributed by atoms with Crippen LogP contribution >= 0.6 is 0 Å². The Kier molecular flexibility index (Phi) is 3.31. The minimum absolute atomic E-state index is 0.00424. The molecule has 0 saturated carbocycles. The fraction of sp³-hybridized carbons (Fsp3) is 0.444. The molecule has 3 nitrogen and oxygen atoms in total. The van der Waals surface area contributed by atoms with E-state index < -0.39 is 25.0 Å². The van der Waals surface area contributed by atoms with Gasteiger partial charge in [0.15, 0.2) is 0 Å². The van der Waals surface area contributed by atoms with Crippen LogP contribution in [-0.2, 0) is 19.4 Å². The minimum atomic E-state index is -4.49. The van der Waals surface area contributed by atoms with Crippen LogP contribution in [0.25, 0.3) is 0 Å². The second-order valence-electron chi connectivity index (χ2n) is 3.04. The molecular formula is C9H10F3NO2. The number of hydrogen-bond acceptors (Lipinski definition) is 3. The van der Waals surface area contributed by atoms with Gasteiger partial charge in [0, 0.05) is 11.3 Å². The molecule has 0 saturated heterocycles. The molecule has 0 aliphatic carbocycles. The normalized spacial score (nSPS) is 11.9. The van der Waals surface area contributed by atoms with Gasteiger partial charge in [-0.25, -0.2) is 0 Å². The molecular weight excluding hydrogens is 211 g/mol. The lowest BCUT2D eigenvalue weighted by Crippen LogP contribution is -2.12. The van der Waals surface area contributed by atoms with Crippen molar-refractivity contribution in [2.24, 2.45) is 0 Å². The van der Waals surface area contributed by atoms with Gasteiger partial charge in [-0.3, -0.25) is 4.98 Å². The Balaban J connectivity index is 3.32. The predicted molar refractivity (Wildman–Crippen MR) is 45.8 cm³/mol. The first-order valence-corrected chi connectivity index (χ1v) is 4.18. The highest BCUT2D eigenvalue weighted by atomic mass is 19.4. The van der Waals surface area contributed by atoms with Crippen LogP contribution in [0, 0.1) is 6.92 Å². The van der Waals surface area contributed by atoms with E-state index in [1.807, 2.05) is 0 Å². The van der Waals surface area contributed by atoms with Crippen molar-refractivity contribution in [3.8, 4) is 0 Å². The van der Waals surface area contributed by atoms with Gasteiger partial charge in [0.05, 0.1) is 24.5 Å². The molecule has 0 aliphatic rings. The lowest BCUT2D eigenvalue weighted by molar-refractivity contribution is -0.138. The van der Waals surface area contributed by atoms with Crippen molar-refractivity contribution in [3.63, 3.8) is 0 Å². The Morgan fingerprint density at radius 2 is 1.87 bits per heavy atom. The number of aromatic nitrogens is 1. The van der Waals surface area contributed by atoms with Crippen molar-refractivity contribution in [3.05, 3.63) is 28.6 Å². The highest BCUT2D eigenvalue weighted by Crippen LogP contribution is 2.32. The number of halogens is 3. The average Bonchev–Trinajstić information content (AvgIpc) is 2.15. The number of rotatable bonds is 2. The van der Waals surface area contributed by atoms with E-state index in [1.54, 1.807) is 0 Å². The quantitative estimate of drug-likeness (QED) is 0.793. The topological polar surface area (TPSA) is 53.4 Å². The smallest absolute Gasteiger partial charge is 0.392 e. The molecule has 0 atom stereocenters. The Morgan fingerprint density at radius 3 is 2.27 bits per heavy atom. The first kappa shape index (κ1) is 11.9. The van der Waals surface area contributed by atoms with E-state index in [9.17, 15) is 13.2 Å². The van der Waals surface area contributed by atoms with Gasteiger partial charge in [0.25, 0.3) is 0 Å². The zero-order valence-corrected chi connectivity index (χ0v) is 7.97. The van der Waals surface area contributed by atoms with Gasteiger partial charge in [0.1, 0.15) is 0 Å². The van der Waals surface area contributed by atoms with Crippen LogP contribution in [0.15, 0.2) is 6.07 Å². The van der Waals surface area contributed by atoms with E-state index in [0.29, 0.717) is 0 Å². The zero-order chi connectivity index (χ0) is 11.6. The maximum atomic E-state index is 12.4. The molecule has 1 aromatic rings. The molecule has 0 aromatic carbocycles. The summed E-state index contributed by atoms with van der Waals surface area (Å²) in [6.45, 7) is 0.143. The molecule has 1 heterocycles. The SMILES string of the molecule is Cc1nc(CO)c(CO)cc1C(F)(F)F. The third-order valence-corrected chi connectivity index (χ3v) is 2.01. The first-order chi connectivity index (χ1) is 6.90. The van der Waals surface area contributed by atoms with Gasteiger partial charge >= 0.3 is 6.18 Å². The van der Waals surface area contributed by atoms with E-state index in [4.69, 9.17) is 10.2 Å². The second-order valence-corrected chi connectivity index (χ2v) is 3.04. The monoisotopic (exact) mass is 221 g/mol. The maximum absolute atomic E-state index is 12.4. The van der Waals surface area contributed by atoms with Gasteiger partial charge in [-0.2, -0.15) is 13.2 Å². The molecule has 84 valence electrons. The number of nitrogens with zero attached hydrogens (tertiary/aromatic N) is 1. The molecule has 1 aromatic heterocycles. The molecule has 0 aliphatic heterocycles. The van der Waals surface area contributed by atoms with Crippen LogP contribution in [0.2, 0.25) is 0 Å². The summed E-state index contributed by atoms with van der Waals surface area (Å²) in [5, 5.41) is 17.6. The summed E-state index contributed by atoms with van der Waals surface area (Å²) in [5.74, 6) is 0. The number of pyridine rings is 1. The molecule has 0 fully saturated rings. The fourth-order valence-electron chi connectivity index (χ4n) is 1.26. The van der Waals surface area contributed by atoms with E-state index in [-0.39, 0.29) is 17.0 Å². The first-order valence-electron chi connectivity index (χ1n) is 4.18. The molecule has 15 heavy (non-hydrogen) atoms. The van der Waals surface area contributed by atoms with Crippen molar-refractivity contribution in [2.45, 2.75) is 26.3 Å². The summed E-state index contributed by atoms with van der Waals surface area (Å²) in [4.78, 5) is 3.60. The van der Waals surface area contributed by atoms with Crippen LogP contribution < -0.4 is 0 Å². The average molecular weight is 221 g/mol. The van der Waals surface area contributed by atoms with Gasteiger partial charge in [-0.1, -0.05) is 0 Å². The van der Waals surface area contributed by atoms with Crippen molar-refractivity contribution in [2.75, 3.05) is 0 Å². The Hall–Kier alpha value is -1.14. The van der Waals surface area contributed by atoms with Gasteiger partial charge in [-0.05, 0) is 13.0 Å². The van der Waals surface area contributed by atoms with Crippen LogP contribution in [0.5, 0.6) is 0 Å². The van der Waals surface area contributed by atoms with Crippen LogP contribution in [0.4, 0.5) is 13.2 Å². The number of hydrogen-bond donors (Lipinski definition) is 2. The Bertz CT molecular complexity index is 363. The molecule has 0 bridgehead atoms. The highest BCUT2D eigenvalue weighted by Gasteiger charge is 2.33. The molecule has 0 radical (unpaired) electrons. The second kappa shape index (κ2) is 4.16. The Labute approximate surface area is 84.2 Å².